The van der Waals surface area contributed by atoms with Gasteiger partial charge in [-0.15, -0.1) is 10.2 Å². The van der Waals surface area contributed by atoms with E-state index in [0.717, 1.165) is 16.7 Å². The maximum Gasteiger partial charge on any atom is 0.417 e. The zero-order valence-corrected chi connectivity index (χ0v) is 14.9. The molecule has 3 aromatic rings. The van der Waals surface area contributed by atoms with E-state index in [2.05, 4.69) is 15.5 Å². The molecule has 1 N–H and O–H groups in total. The largest absolute Gasteiger partial charge is 0.482 e. The molecular weight excluding hydrogens is 408 g/mol. The fourth-order valence-electron chi connectivity index (χ4n) is 2.21. The normalized spacial score (nSPS) is 11.6. The Balaban J connectivity index is 1.69. The van der Waals surface area contributed by atoms with Crippen molar-refractivity contribution in [3.05, 3.63) is 58.0 Å². The summed E-state index contributed by atoms with van der Waals surface area (Å²) >= 11 is 11.7. The van der Waals surface area contributed by atoms with Crippen LogP contribution in [0.4, 0.5) is 13.2 Å². The van der Waals surface area contributed by atoms with Gasteiger partial charge in [-0.05, 0) is 18.2 Å². The minimum atomic E-state index is -4.58. The summed E-state index contributed by atoms with van der Waals surface area (Å²) in [6.07, 6.45) is -3.76. The van der Waals surface area contributed by atoms with Gasteiger partial charge in [0.05, 0.1) is 22.2 Å². The van der Waals surface area contributed by atoms with Crippen molar-refractivity contribution in [1.82, 2.24) is 19.9 Å². The summed E-state index contributed by atoms with van der Waals surface area (Å²) in [6, 6.07) is 7.39. The molecule has 142 valence electrons. The Labute approximate surface area is 160 Å². The van der Waals surface area contributed by atoms with Crippen LogP contribution >= 0.6 is 23.2 Å². The molecule has 0 fully saturated rings. The second-order valence-electron chi connectivity index (χ2n) is 5.38. The Morgan fingerprint density at radius 2 is 1.93 bits per heavy atom. The molecule has 0 unspecified atom stereocenters. The first-order valence-corrected chi connectivity index (χ1v) is 8.25. The van der Waals surface area contributed by atoms with Crippen molar-refractivity contribution in [3.8, 4) is 5.75 Å². The molecule has 1 amide bonds. The van der Waals surface area contributed by atoms with Gasteiger partial charge >= 0.3 is 6.18 Å². The number of carbonyl (C=O) groups excluding carboxylic acids is 1. The van der Waals surface area contributed by atoms with Crippen molar-refractivity contribution >= 4 is 34.8 Å². The monoisotopic (exact) mass is 418 g/mol. The number of nitrogens with one attached hydrogen (secondary N) is 1. The van der Waals surface area contributed by atoms with Gasteiger partial charge in [0.15, 0.2) is 18.1 Å². The fraction of sp³-hybridized carbons (Fsp3) is 0.188. The smallest absolute Gasteiger partial charge is 0.417 e. The molecule has 11 heteroatoms. The third-order valence-electron chi connectivity index (χ3n) is 3.50. The van der Waals surface area contributed by atoms with E-state index in [1.54, 1.807) is 24.3 Å². The highest BCUT2D eigenvalue weighted by atomic mass is 35.5. The van der Waals surface area contributed by atoms with Crippen LogP contribution in [0.15, 0.2) is 36.5 Å². The van der Waals surface area contributed by atoms with E-state index >= 15 is 0 Å². The van der Waals surface area contributed by atoms with Gasteiger partial charge < -0.3 is 10.1 Å². The number of hydrogen-bond donors (Lipinski definition) is 1. The van der Waals surface area contributed by atoms with Crippen LogP contribution in [-0.4, -0.2) is 27.1 Å². The molecule has 0 atom stereocenters. The number of halogens is 5. The van der Waals surface area contributed by atoms with Crippen LogP contribution in [0.25, 0.3) is 5.65 Å². The molecule has 27 heavy (non-hydrogen) atoms. The summed E-state index contributed by atoms with van der Waals surface area (Å²) in [5.41, 5.74) is -0.893. The minimum absolute atomic E-state index is 0.0567. The number of ether oxygens (including phenoxy) is 1. The molecule has 2 aromatic heterocycles. The first-order chi connectivity index (χ1) is 12.8. The summed E-state index contributed by atoms with van der Waals surface area (Å²) in [4.78, 5) is 11.9. The molecule has 0 bridgehead atoms. The number of amides is 1. The number of rotatable bonds is 5. The van der Waals surface area contributed by atoms with E-state index in [4.69, 9.17) is 27.9 Å². The first kappa shape index (κ1) is 19.2. The number of fused-ring (bicyclic) bond motifs is 1. The molecule has 0 radical (unpaired) electrons. The van der Waals surface area contributed by atoms with Crippen molar-refractivity contribution < 1.29 is 22.7 Å². The van der Waals surface area contributed by atoms with Crippen molar-refractivity contribution in [2.75, 3.05) is 6.61 Å². The lowest BCUT2D eigenvalue weighted by molar-refractivity contribution is -0.137. The maximum atomic E-state index is 12.9. The number of alkyl halides is 3. The highest BCUT2D eigenvalue weighted by molar-refractivity contribution is 6.33. The molecule has 2 heterocycles. The molecule has 0 saturated heterocycles. The Morgan fingerprint density at radius 1 is 1.19 bits per heavy atom. The van der Waals surface area contributed by atoms with Crippen LogP contribution in [-0.2, 0) is 17.5 Å². The van der Waals surface area contributed by atoms with Crippen molar-refractivity contribution in [3.63, 3.8) is 0 Å². The van der Waals surface area contributed by atoms with Crippen molar-refractivity contribution in [1.29, 1.82) is 0 Å². The average molecular weight is 419 g/mol. The quantitative estimate of drug-likeness (QED) is 0.684. The van der Waals surface area contributed by atoms with Gasteiger partial charge in [-0.2, -0.15) is 13.2 Å². The first-order valence-electron chi connectivity index (χ1n) is 7.50. The Kier molecular flexibility index (Phi) is 5.43. The van der Waals surface area contributed by atoms with Crippen LogP contribution < -0.4 is 10.1 Å². The maximum absolute atomic E-state index is 12.9. The SMILES string of the molecule is O=C(COc1ccccc1Cl)NCc1nnc2c(Cl)cc(C(F)(F)F)cn12. The molecule has 1 aromatic carbocycles. The fourth-order valence-corrected chi connectivity index (χ4v) is 2.65. The second-order valence-corrected chi connectivity index (χ2v) is 6.19. The molecule has 0 spiro atoms. The van der Waals surface area contributed by atoms with Crippen LogP contribution in [0, 0.1) is 0 Å². The summed E-state index contributed by atoms with van der Waals surface area (Å²) in [5, 5.41) is 10.1. The third-order valence-corrected chi connectivity index (χ3v) is 4.09. The predicted molar refractivity (Wildman–Crippen MR) is 91.8 cm³/mol. The summed E-state index contributed by atoms with van der Waals surface area (Å²) in [7, 11) is 0. The van der Waals surface area contributed by atoms with E-state index in [-0.39, 0.29) is 29.6 Å². The zero-order valence-electron chi connectivity index (χ0n) is 13.4. The highest BCUT2D eigenvalue weighted by Crippen LogP contribution is 2.32. The van der Waals surface area contributed by atoms with Crippen LogP contribution in [0.1, 0.15) is 11.4 Å². The topological polar surface area (TPSA) is 68.5 Å². The number of para-hydroxylation sites is 1. The number of aromatic nitrogens is 3. The third kappa shape index (κ3) is 4.42. The van der Waals surface area contributed by atoms with Crippen LogP contribution in [0.3, 0.4) is 0 Å². The Hall–Kier alpha value is -2.52. The van der Waals surface area contributed by atoms with E-state index in [1.807, 2.05) is 0 Å². The van der Waals surface area contributed by atoms with E-state index in [9.17, 15) is 18.0 Å². The zero-order chi connectivity index (χ0) is 19.6. The standard InChI is InChI=1S/C16H11Cl2F3N4O2/c17-10-3-1-2-4-12(10)27-8-14(26)22-6-13-23-24-15-11(18)5-9(7-25(13)15)16(19,20)21/h1-5,7H,6,8H2,(H,22,26). The lowest BCUT2D eigenvalue weighted by atomic mass is 10.3. The summed E-state index contributed by atoms with van der Waals surface area (Å²) in [6.45, 7) is -0.488. The van der Waals surface area contributed by atoms with Crippen LogP contribution in [0.2, 0.25) is 10.0 Å². The molecule has 0 aliphatic rings. The lowest BCUT2D eigenvalue weighted by Crippen LogP contribution is -2.29. The van der Waals surface area contributed by atoms with E-state index in [1.165, 1.54) is 0 Å². The van der Waals surface area contributed by atoms with Gasteiger partial charge in [0.2, 0.25) is 0 Å². The Morgan fingerprint density at radius 3 is 2.63 bits per heavy atom. The van der Waals surface area contributed by atoms with Crippen molar-refractivity contribution in [2.45, 2.75) is 12.7 Å². The summed E-state index contributed by atoms with van der Waals surface area (Å²) in [5.74, 6) is -0.0855. The number of pyridine rings is 1. The summed E-state index contributed by atoms with van der Waals surface area (Å²) < 4.78 is 45.2. The number of hydrogen-bond acceptors (Lipinski definition) is 4. The van der Waals surface area contributed by atoms with Gasteiger partial charge in [-0.3, -0.25) is 9.20 Å². The minimum Gasteiger partial charge on any atom is -0.482 e. The molecule has 0 aliphatic carbocycles. The molecule has 0 saturated carbocycles. The molecule has 0 aliphatic heterocycles. The Bertz CT molecular complexity index is 991. The number of benzene rings is 1. The predicted octanol–water partition coefficient (Wildman–Crippen LogP) is 3.75. The van der Waals surface area contributed by atoms with Gasteiger partial charge in [0.25, 0.3) is 5.91 Å². The van der Waals surface area contributed by atoms with Gasteiger partial charge in [0.1, 0.15) is 5.75 Å². The molecule has 6 nitrogen and oxygen atoms in total. The van der Waals surface area contributed by atoms with Crippen LogP contribution in [0.5, 0.6) is 5.75 Å². The number of nitrogens with zero attached hydrogens (tertiary/aromatic N) is 3. The highest BCUT2D eigenvalue weighted by Gasteiger charge is 2.32. The van der Waals surface area contributed by atoms with Crippen molar-refractivity contribution in [2.24, 2.45) is 0 Å². The average Bonchev–Trinajstić information content (AvgIpc) is 3.02. The number of carbonyl (C=O) groups is 1. The van der Waals surface area contributed by atoms with E-state index < -0.39 is 17.6 Å². The molecule has 3 rings (SSSR count). The lowest BCUT2D eigenvalue weighted by Gasteiger charge is -2.10. The molecular formula is C16H11Cl2F3N4O2. The van der Waals surface area contributed by atoms with Gasteiger partial charge in [0, 0.05) is 6.20 Å². The van der Waals surface area contributed by atoms with Gasteiger partial charge in [-0.25, -0.2) is 0 Å². The van der Waals surface area contributed by atoms with E-state index in [0.29, 0.717) is 10.8 Å². The second kappa shape index (κ2) is 7.61. The van der Waals surface area contributed by atoms with Gasteiger partial charge in [-0.1, -0.05) is 35.3 Å².